The number of carbonyl (C=O) groups excluding carboxylic acids is 2. The fourth-order valence-corrected chi connectivity index (χ4v) is 2.27. The van der Waals surface area contributed by atoms with E-state index < -0.39 is 6.04 Å². The number of nitrogens with one attached hydrogen (secondary N) is 1. The highest BCUT2D eigenvalue weighted by atomic mass is 16.3. The van der Waals surface area contributed by atoms with Crippen molar-refractivity contribution in [3.63, 3.8) is 0 Å². The molecule has 0 aliphatic carbocycles. The van der Waals surface area contributed by atoms with Crippen LogP contribution in [0.15, 0.2) is 22.8 Å². The van der Waals surface area contributed by atoms with Gasteiger partial charge < -0.3 is 14.6 Å². The summed E-state index contributed by atoms with van der Waals surface area (Å²) in [7, 11) is 0. The van der Waals surface area contributed by atoms with Gasteiger partial charge in [0.05, 0.1) is 12.8 Å². The third kappa shape index (κ3) is 3.59. The van der Waals surface area contributed by atoms with E-state index in [1.165, 1.54) is 0 Å². The number of hydrogen-bond acceptors (Lipinski definition) is 3. The summed E-state index contributed by atoms with van der Waals surface area (Å²) >= 11 is 0. The SMILES string of the molecule is CC(C)CC1NC(=O)CCN(Cc2ccco2)C1=O. The summed E-state index contributed by atoms with van der Waals surface area (Å²) < 4.78 is 5.27. The van der Waals surface area contributed by atoms with E-state index in [2.05, 4.69) is 5.32 Å². The van der Waals surface area contributed by atoms with Crippen molar-refractivity contribution in [1.29, 1.82) is 0 Å². The van der Waals surface area contributed by atoms with Gasteiger partial charge in [0.2, 0.25) is 11.8 Å². The Morgan fingerprint density at radius 2 is 2.26 bits per heavy atom. The highest BCUT2D eigenvalue weighted by Crippen LogP contribution is 2.14. The summed E-state index contributed by atoms with van der Waals surface area (Å²) in [4.78, 5) is 25.8. The van der Waals surface area contributed by atoms with Gasteiger partial charge in [0.25, 0.3) is 0 Å². The molecule has 0 spiro atoms. The molecule has 5 nitrogen and oxygen atoms in total. The van der Waals surface area contributed by atoms with Crippen molar-refractivity contribution in [3.8, 4) is 0 Å². The van der Waals surface area contributed by atoms with Crippen LogP contribution in [0.1, 0.15) is 32.4 Å². The second-order valence-electron chi connectivity index (χ2n) is 5.34. The molecule has 2 rings (SSSR count). The van der Waals surface area contributed by atoms with Gasteiger partial charge in [-0.25, -0.2) is 0 Å². The molecule has 1 unspecified atom stereocenters. The molecular weight excluding hydrogens is 244 g/mol. The first-order valence-electron chi connectivity index (χ1n) is 6.67. The van der Waals surface area contributed by atoms with Crippen molar-refractivity contribution in [2.75, 3.05) is 6.54 Å². The molecule has 1 fully saturated rings. The largest absolute Gasteiger partial charge is 0.467 e. The van der Waals surface area contributed by atoms with Crippen molar-refractivity contribution < 1.29 is 14.0 Å². The Morgan fingerprint density at radius 3 is 2.89 bits per heavy atom. The minimum absolute atomic E-state index is 0.0176. The maximum Gasteiger partial charge on any atom is 0.245 e. The van der Waals surface area contributed by atoms with E-state index in [4.69, 9.17) is 4.42 Å². The van der Waals surface area contributed by atoms with Gasteiger partial charge >= 0.3 is 0 Å². The number of amides is 2. The Hall–Kier alpha value is -1.78. The Balaban J connectivity index is 2.09. The number of carbonyl (C=O) groups is 2. The quantitative estimate of drug-likeness (QED) is 0.897. The van der Waals surface area contributed by atoms with Crippen LogP contribution < -0.4 is 5.32 Å². The molecule has 2 heterocycles. The fourth-order valence-electron chi connectivity index (χ4n) is 2.27. The van der Waals surface area contributed by atoms with E-state index >= 15 is 0 Å². The second kappa shape index (κ2) is 5.91. The number of nitrogens with zero attached hydrogens (tertiary/aromatic N) is 1. The summed E-state index contributed by atoms with van der Waals surface area (Å²) in [5, 5.41) is 2.81. The predicted molar refractivity (Wildman–Crippen MR) is 70.1 cm³/mol. The Kier molecular flexibility index (Phi) is 4.24. The summed E-state index contributed by atoms with van der Waals surface area (Å²) in [5.74, 6) is 1.03. The Bertz CT molecular complexity index is 440. The van der Waals surface area contributed by atoms with Crippen LogP contribution >= 0.6 is 0 Å². The molecule has 1 aliphatic heterocycles. The highest BCUT2D eigenvalue weighted by molar-refractivity contribution is 5.89. The first-order valence-corrected chi connectivity index (χ1v) is 6.67. The first kappa shape index (κ1) is 13.6. The monoisotopic (exact) mass is 264 g/mol. The van der Waals surface area contributed by atoms with Crippen LogP contribution in [0, 0.1) is 5.92 Å². The molecule has 1 saturated heterocycles. The van der Waals surface area contributed by atoms with Gasteiger partial charge in [-0.15, -0.1) is 0 Å². The maximum absolute atomic E-state index is 12.4. The molecule has 1 atom stereocenters. The van der Waals surface area contributed by atoms with Gasteiger partial charge in [-0.3, -0.25) is 9.59 Å². The zero-order chi connectivity index (χ0) is 13.8. The summed E-state index contributed by atoms with van der Waals surface area (Å²) in [6.45, 7) is 4.96. The number of furan rings is 1. The van der Waals surface area contributed by atoms with Crippen molar-refractivity contribution in [2.24, 2.45) is 5.92 Å². The van der Waals surface area contributed by atoms with Crippen molar-refractivity contribution >= 4 is 11.8 Å². The van der Waals surface area contributed by atoms with Crippen LogP contribution in [-0.2, 0) is 16.1 Å². The van der Waals surface area contributed by atoms with Crippen LogP contribution in [0.25, 0.3) is 0 Å². The zero-order valence-electron chi connectivity index (χ0n) is 11.4. The maximum atomic E-state index is 12.4. The molecule has 0 saturated carbocycles. The van der Waals surface area contributed by atoms with Gasteiger partial charge in [0.1, 0.15) is 11.8 Å². The normalized spacial score (nSPS) is 20.6. The average Bonchev–Trinajstić information content (AvgIpc) is 2.80. The average molecular weight is 264 g/mol. The van der Waals surface area contributed by atoms with Gasteiger partial charge in [-0.2, -0.15) is 0 Å². The van der Waals surface area contributed by atoms with Crippen molar-refractivity contribution in [1.82, 2.24) is 10.2 Å². The molecule has 1 aliphatic rings. The summed E-state index contributed by atoms with van der Waals surface area (Å²) in [6, 6.07) is 3.22. The van der Waals surface area contributed by atoms with Gasteiger partial charge in [0.15, 0.2) is 0 Å². The minimum atomic E-state index is -0.412. The molecule has 104 valence electrons. The van der Waals surface area contributed by atoms with Crippen molar-refractivity contribution in [3.05, 3.63) is 24.2 Å². The summed E-state index contributed by atoms with van der Waals surface area (Å²) in [6.07, 6.45) is 2.60. The first-order chi connectivity index (χ1) is 9.06. The standard InChI is InChI=1S/C14H20N2O3/c1-10(2)8-12-14(18)16(6-5-13(17)15-12)9-11-4-3-7-19-11/h3-4,7,10,12H,5-6,8-9H2,1-2H3,(H,15,17). The molecular formula is C14H20N2O3. The molecule has 19 heavy (non-hydrogen) atoms. The molecule has 5 heteroatoms. The van der Waals surface area contributed by atoms with E-state index in [0.717, 1.165) is 5.76 Å². The van der Waals surface area contributed by atoms with E-state index in [9.17, 15) is 9.59 Å². The second-order valence-corrected chi connectivity index (χ2v) is 5.34. The highest BCUT2D eigenvalue weighted by Gasteiger charge is 2.30. The minimum Gasteiger partial charge on any atom is -0.467 e. The lowest BCUT2D eigenvalue weighted by Gasteiger charge is -2.24. The van der Waals surface area contributed by atoms with Gasteiger partial charge in [-0.1, -0.05) is 13.8 Å². The summed E-state index contributed by atoms with van der Waals surface area (Å²) in [5.41, 5.74) is 0. The Labute approximate surface area is 113 Å². The van der Waals surface area contributed by atoms with Crippen LogP contribution in [0.3, 0.4) is 0 Å². The van der Waals surface area contributed by atoms with E-state index in [1.807, 2.05) is 19.9 Å². The molecule has 0 aromatic carbocycles. The molecule has 0 radical (unpaired) electrons. The van der Waals surface area contributed by atoms with E-state index in [1.54, 1.807) is 17.2 Å². The predicted octanol–water partition coefficient (Wildman–Crippen LogP) is 1.54. The third-order valence-corrected chi connectivity index (χ3v) is 3.19. The molecule has 1 N–H and O–H groups in total. The van der Waals surface area contributed by atoms with Crippen LogP contribution in [-0.4, -0.2) is 29.3 Å². The molecule has 2 amide bonds. The van der Waals surface area contributed by atoms with E-state index in [0.29, 0.717) is 31.8 Å². The third-order valence-electron chi connectivity index (χ3n) is 3.19. The molecule has 0 bridgehead atoms. The lowest BCUT2D eigenvalue weighted by molar-refractivity contribution is -0.134. The zero-order valence-corrected chi connectivity index (χ0v) is 11.4. The Morgan fingerprint density at radius 1 is 1.47 bits per heavy atom. The topological polar surface area (TPSA) is 62.6 Å². The smallest absolute Gasteiger partial charge is 0.245 e. The van der Waals surface area contributed by atoms with Gasteiger partial charge in [-0.05, 0) is 24.5 Å². The van der Waals surface area contributed by atoms with Gasteiger partial charge in [0, 0.05) is 13.0 Å². The number of rotatable bonds is 4. The fraction of sp³-hybridized carbons (Fsp3) is 0.571. The lowest BCUT2D eigenvalue weighted by atomic mass is 10.0. The molecule has 1 aromatic heterocycles. The molecule has 1 aromatic rings. The number of hydrogen-bond donors (Lipinski definition) is 1. The lowest BCUT2D eigenvalue weighted by Crippen LogP contribution is -2.45. The van der Waals surface area contributed by atoms with E-state index in [-0.39, 0.29) is 11.8 Å². The van der Waals surface area contributed by atoms with Crippen LogP contribution in [0.2, 0.25) is 0 Å². The van der Waals surface area contributed by atoms with Crippen LogP contribution in [0.4, 0.5) is 0 Å². The van der Waals surface area contributed by atoms with Crippen molar-refractivity contribution in [2.45, 2.75) is 39.3 Å². The van der Waals surface area contributed by atoms with Crippen LogP contribution in [0.5, 0.6) is 0 Å².